The lowest BCUT2D eigenvalue weighted by Gasteiger charge is -2.19. The standard InChI is InChI=1S/C22H40O3/c1-3-5-7-9-11-13-18(23)15-16-20-19(21(24)17-22(20)25)14-12-10-8-6-4-2/h10,12,15-16,18-25H,3-9,11,13-14,17H2,1-2H3/b12-10+,16-15+. The summed E-state index contributed by atoms with van der Waals surface area (Å²) in [5.74, 6) is 0.00134. The molecule has 5 unspecified atom stereocenters. The summed E-state index contributed by atoms with van der Waals surface area (Å²) in [5.41, 5.74) is 0. The number of aliphatic hydroxyl groups is 3. The van der Waals surface area contributed by atoms with Gasteiger partial charge >= 0.3 is 0 Å². The molecule has 5 atom stereocenters. The zero-order valence-electron chi connectivity index (χ0n) is 16.3. The number of hydrogen-bond donors (Lipinski definition) is 3. The van der Waals surface area contributed by atoms with Crippen molar-refractivity contribution in [2.75, 3.05) is 0 Å². The van der Waals surface area contributed by atoms with Crippen molar-refractivity contribution in [2.24, 2.45) is 11.8 Å². The maximum atomic E-state index is 10.2. The van der Waals surface area contributed by atoms with Gasteiger partial charge in [0.25, 0.3) is 0 Å². The van der Waals surface area contributed by atoms with Gasteiger partial charge in [-0.2, -0.15) is 0 Å². The molecule has 0 aromatic heterocycles. The number of aliphatic hydroxyl groups excluding tert-OH is 3. The SMILES string of the molecule is CCCC/C=C/CC1C(O)CC(O)C1/C=C/C(O)CCCCCCC. The molecule has 3 N–H and O–H groups in total. The van der Waals surface area contributed by atoms with Crippen LogP contribution in [0.25, 0.3) is 0 Å². The number of unbranched alkanes of at least 4 members (excludes halogenated alkanes) is 6. The second kappa shape index (κ2) is 13.5. The smallest absolute Gasteiger partial charge is 0.0721 e. The van der Waals surface area contributed by atoms with Crippen LogP contribution >= 0.6 is 0 Å². The minimum Gasteiger partial charge on any atom is -0.393 e. The van der Waals surface area contributed by atoms with Gasteiger partial charge in [-0.25, -0.2) is 0 Å². The van der Waals surface area contributed by atoms with Crippen LogP contribution in [0.4, 0.5) is 0 Å². The van der Waals surface area contributed by atoms with E-state index in [0.717, 1.165) is 25.7 Å². The Morgan fingerprint density at radius 3 is 2.36 bits per heavy atom. The first-order valence-electron chi connectivity index (χ1n) is 10.5. The Kier molecular flexibility index (Phi) is 12.1. The molecule has 1 aliphatic rings. The Labute approximate surface area is 154 Å². The molecule has 1 saturated carbocycles. The van der Waals surface area contributed by atoms with E-state index < -0.39 is 18.3 Å². The van der Waals surface area contributed by atoms with Crippen molar-refractivity contribution >= 4 is 0 Å². The van der Waals surface area contributed by atoms with Gasteiger partial charge in [0.05, 0.1) is 18.3 Å². The molecule has 0 saturated heterocycles. The molecular weight excluding hydrogens is 312 g/mol. The minimum absolute atomic E-state index is 0.0550. The highest BCUT2D eigenvalue weighted by atomic mass is 16.3. The predicted molar refractivity (Wildman–Crippen MR) is 105 cm³/mol. The van der Waals surface area contributed by atoms with Crippen molar-refractivity contribution in [1.82, 2.24) is 0 Å². The van der Waals surface area contributed by atoms with E-state index in [-0.39, 0.29) is 11.8 Å². The Morgan fingerprint density at radius 1 is 0.920 bits per heavy atom. The summed E-state index contributed by atoms with van der Waals surface area (Å²) in [5, 5.41) is 30.6. The van der Waals surface area contributed by atoms with Crippen molar-refractivity contribution in [3.63, 3.8) is 0 Å². The molecule has 1 rings (SSSR count). The van der Waals surface area contributed by atoms with Crippen LogP contribution in [-0.4, -0.2) is 33.6 Å². The molecule has 146 valence electrons. The van der Waals surface area contributed by atoms with E-state index in [4.69, 9.17) is 0 Å². The van der Waals surface area contributed by atoms with Gasteiger partial charge in [0, 0.05) is 12.3 Å². The molecule has 0 aliphatic heterocycles. The lowest BCUT2D eigenvalue weighted by molar-refractivity contribution is 0.120. The third-order valence-electron chi connectivity index (χ3n) is 5.37. The first-order chi connectivity index (χ1) is 12.1. The summed E-state index contributed by atoms with van der Waals surface area (Å²) in [6.07, 6.45) is 18.2. The summed E-state index contributed by atoms with van der Waals surface area (Å²) in [4.78, 5) is 0. The summed E-state index contributed by atoms with van der Waals surface area (Å²) < 4.78 is 0. The maximum Gasteiger partial charge on any atom is 0.0721 e. The number of rotatable bonds is 13. The fraction of sp³-hybridized carbons (Fsp3) is 0.818. The van der Waals surface area contributed by atoms with Crippen LogP contribution in [0.2, 0.25) is 0 Å². The largest absolute Gasteiger partial charge is 0.393 e. The van der Waals surface area contributed by atoms with E-state index in [1.165, 1.54) is 38.5 Å². The molecule has 0 aromatic carbocycles. The fourth-order valence-corrected chi connectivity index (χ4v) is 3.71. The summed E-state index contributed by atoms with van der Waals surface area (Å²) in [6.45, 7) is 4.38. The highest BCUT2D eigenvalue weighted by Gasteiger charge is 2.39. The fourth-order valence-electron chi connectivity index (χ4n) is 3.71. The highest BCUT2D eigenvalue weighted by Crippen LogP contribution is 2.36. The topological polar surface area (TPSA) is 60.7 Å². The quantitative estimate of drug-likeness (QED) is 0.331. The Morgan fingerprint density at radius 2 is 1.64 bits per heavy atom. The van der Waals surface area contributed by atoms with Gasteiger partial charge in [0.2, 0.25) is 0 Å². The van der Waals surface area contributed by atoms with Gasteiger partial charge in [-0.05, 0) is 25.2 Å². The molecule has 0 amide bonds. The molecule has 1 aliphatic carbocycles. The summed E-state index contributed by atoms with van der Waals surface area (Å²) >= 11 is 0. The van der Waals surface area contributed by atoms with Crippen molar-refractivity contribution in [3.05, 3.63) is 24.3 Å². The lowest BCUT2D eigenvalue weighted by Crippen LogP contribution is -2.20. The van der Waals surface area contributed by atoms with Crippen molar-refractivity contribution < 1.29 is 15.3 Å². The normalized spacial score (nSPS) is 28.4. The van der Waals surface area contributed by atoms with Gasteiger partial charge in [-0.15, -0.1) is 0 Å². The van der Waals surface area contributed by atoms with Crippen molar-refractivity contribution in [2.45, 2.75) is 103 Å². The zero-order valence-corrected chi connectivity index (χ0v) is 16.3. The highest BCUT2D eigenvalue weighted by molar-refractivity contribution is 5.06. The summed E-state index contributed by atoms with van der Waals surface area (Å²) in [6, 6.07) is 0. The molecule has 3 heteroatoms. The van der Waals surface area contributed by atoms with Gasteiger partial charge in [-0.1, -0.05) is 83.1 Å². The van der Waals surface area contributed by atoms with Gasteiger partial charge in [0.15, 0.2) is 0 Å². The van der Waals surface area contributed by atoms with Crippen LogP contribution < -0.4 is 0 Å². The van der Waals surface area contributed by atoms with E-state index in [1.807, 2.05) is 12.2 Å². The predicted octanol–water partition coefficient (Wildman–Crippen LogP) is 4.76. The molecular formula is C22H40O3. The molecule has 0 heterocycles. The number of allylic oxidation sites excluding steroid dienone is 2. The number of hydrogen-bond acceptors (Lipinski definition) is 3. The van der Waals surface area contributed by atoms with Crippen LogP contribution in [0.1, 0.15) is 84.5 Å². The third-order valence-corrected chi connectivity index (χ3v) is 5.37. The van der Waals surface area contributed by atoms with Crippen LogP contribution in [0.5, 0.6) is 0 Å². The Balaban J connectivity index is 2.42. The second-order valence-electron chi connectivity index (χ2n) is 7.62. The zero-order chi connectivity index (χ0) is 18.5. The second-order valence-corrected chi connectivity index (χ2v) is 7.62. The summed E-state index contributed by atoms with van der Waals surface area (Å²) in [7, 11) is 0. The van der Waals surface area contributed by atoms with Gasteiger partial charge in [0.1, 0.15) is 0 Å². The van der Waals surface area contributed by atoms with Gasteiger partial charge in [-0.3, -0.25) is 0 Å². The van der Waals surface area contributed by atoms with Crippen molar-refractivity contribution in [3.8, 4) is 0 Å². The Bertz CT molecular complexity index is 377. The average Bonchev–Trinajstić information content (AvgIpc) is 2.85. The van der Waals surface area contributed by atoms with E-state index in [9.17, 15) is 15.3 Å². The molecule has 0 bridgehead atoms. The minimum atomic E-state index is -0.503. The first-order valence-corrected chi connectivity index (χ1v) is 10.5. The van der Waals surface area contributed by atoms with E-state index in [0.29, 0.717) is 6.42 Å². The monoisotopic (exact) mass is 352 g/mol. The Hall–Kier alpha value is -0.640. The maximum absolute atomic E-state index is 10.2. The van der Waals surface area contributed by atoms with Crippen molar-refractivity contribution in [1.29, 1.82) is 0 Å². The average molecular weight is 353 g/mol. The van der Waals surface area contributed by atoms with Gasteiger partial charge < -0.3 is 15.3 Å². The lowest BCUT2D eigenvalue weighted by atomic mass is 9.89. The van der Waals surface area contributed by atoms with Crippen LogP contribution in [0.15, 0.2) is 24.3 Å². The molecule has 0 radical (unpaired) electrons. The molecule has 3 nitrogen and oxygen atoms in total. The van der Waals surface area contributed by atoms with E-state index >= 15 is 0 Å². The first kappa shape index (κ1) is 22.4. The van der Waals surface area contributed by atoms with E-state index in [1.54, 1.807) is 0 Å². The van der Waals surface area contributed by atoms with E-state index in [2.05, 4.69) is 26.0 Å². The molecule has 1 fully saturated rings. The van der Waals surface area contributed by atoms with Crippen LogP contribution in [-0.2, 0) is 0 Å². The molecule has 25 heavy (non-hydrogen) atoms. The molecule has 0 spiro atoms. The van der Waals surface area contributed by atoms with Crippen LogP contribution in [0, 0.1) is 11.8 Å². The third kappa shape index (κ3) is 9.03. The molecule has 0 aromatic rings. The van der Waals surface area contributed by atoms with Crippen LogP contribution in [0.3, 0.4) is 0 Å².